The van der Waals surface area contributed by atoms with Crippen LogP contribution in [0.15, 0.2) is 73.1 Å². The van der Waals surface area contributed by atoms with Gasteiger partial charge in [0.25, 0.3) is 11.8 Å². The highest BCUT2D eigenvalue weighted by atomic mass is 16.5. The minimum Gasteiger partial charge on any atom is -0.484 e. The van der Waals surface area contributed by atoms with Crippen molar-refractivity contribution in [3.8, 4) is 5.75 Å². The molecule has 0 aliphatic heterocycles. The number of hydrogen-bond donors (Lipinski definition) is 2. The molecule has 3 aromatic rings. The molecule has 1 aromatic heterocycles. The number of amides is 2. The fourth-order valence-corrected chi connectivity index (χ4v) is 2.54. The van der Waals surface area contributed by atoms with E-state index in [1.807, 2.05) is 24.3 Å². The van der Waals surface area contributed by atoms with Gasteiger partial charge in [0.15, 0.2) is 6.61 Å². The maximum absolute atomic E-state index is 12.3. The van der Waals surface area contributed by atoms with Crippen molar-refractivity contribution >= 4 is 23.2 Å². The molecule has 0 saturated carbocycles. The van der Waals surface area contributed by atoms with Gasteiger partial charge in [0.05, 0.1) is 0 Å². The number of ether oxygens (including phenoxy) is 1. The minimum absolute atomic E-state index is 0.112. The number of benzene rings is 2. The number of pyridine rings is 1. The lowest BCUT2D eigenvalue weighted by molar-refractivity contribution is -0.118. The second kappa shape index (κ2) is 9.32. The molecule has 0 bridgehead atoms. The van der Waals surface area contributed by atoms with E-state index >= 15 is 0 Å². The monoisotopic (exact) mass is 375 g/mol. The first kappa shape index (κ1) is 19.1. The zero-order valence-electron chi connectivity index (χ0n) is 15.5. The number of rotatable bonds is 7. The molecule has 2 N–H and O–H groups in total. The van der Waals surface area contributed by atoms with Crippen molar-refractivity contribution in [2.75, 3.05) is 17.2 Å². The summed E-state index contributed by atoms with van der Waals surface area (Å²) in [4.78, 5) is 28.4. The topological polar surface area (TPSA) is 80.3 Å². The molecule has 0 fully saturated rings. The Hall–Kier alpha value is -3.67. The number of aryl methyl sites for hydroxylation is 1. The van der Waals surface area contributed by atoms with Gasteiger partial charge in [-0.1, -0.05) is 25.1 Å². The van der Waals surface area contributed by atoms with E-state index in [-0.39, 0.29) is 18.4 Å². The second-order valence-corrected chi connectivity index (χ2v) is 6.11. The van der Waals surface area contributed by atoms with Gasteiger partial charge in [0.2, 0.25) is 0 Å². The number of hydrogen-bond acceptors (Lipinski definition) is 4. The summed E-state index contributed by atoms with van der Waals surface area (Å²) in [6.07, 6.45) is 4.15. The summed E-state index contributed by atoms with van der Waals surface area (Å²) < 4.78 is 5.50. The van der Waals surface area contributed by atoms with E-state index in [0.717, 1.165) is 6.42 Å². The number of carbonyl (C=O) groups is 2. The summed E-state index contributed by atoms with van der Waals surface area (Å²) in [5.74, 6) is 0.0682. The lowest BCUT2D eigenvalue weighted by atomic mass is 10.2. The molecule has 0 radical (unpaired) electrons. The highest BCUT2D eigenvalue weighted by molar-refractivity contribution is 6.05. The van der Waals surface area contributed by atoms with Crippen LogP contribution in [0.25, 0.3) is 0 Å². The summed E-state index contributed by atoms with van der Waals surface area (Å²) in [6.45, 7) is 1.97. The van der Waals surface area contributed by atoms with Crippen molar-refractivity contribution in [3.63, 3.8) is 0 Å². The third kappa shape index (κ3) is 5.41. The van der Waals surface area contributed by atoms with Crippen molar-refractivity contribution in [3.05, 3.63) is 84.2 Å². The van der Waals surface area contributed by atoms with E-state index in [9.17, 15) is 9.59 Å². The normalized spacial score (nSPS) is 10.2. The standard InChI is InChI=1S/C22H21N3O3/c1-2-16-6-8-20(9-7-16)28-15-21(26)24-19-5-3-4-17(14-19)22(27)25-18-10-12-23-13-11-18/h3-14H,2,15H2,1H3,(H,24,26)(H,23,25,27). The molecule has 2 amide bonds. The molecule has 2 aromatic carbocycles. The van der Waals surface area contributed by atoms with Crippen molar-refractivity contribution in [2.45, 2.75) is 13.3 Å². The molecule has 6 heteroatoms. The lowest BCUT2D eigenvalue weighted by Gasteiger charge is -2.10. The Balaban J connectivity index is 1.55. The predicted molar refractivity (Wildman–Crippen MR) is 109 cm³/mol. The average molecular weight is 375 g/mol. The van der Waals surface area contributed by atoms with Crippen LogP contribution in [-0.2, 0) is 11.2 Å². The van der Waals surface area contributed by atoms with Crippen molar-refractivity contribution in [2.24, 2.45) is 0 Å². The van der Waals surface area contributed by atoms with E-state index in [1.165, 1.54) is 5.56 Å². The molecule has 0 spiro atoms. The van der Waals surface area contributed by atoms with Crippen LogP contribution < -0.4 is 15.4 Å². The highest BCUT2D eigenvalue weighted by Crippen LogP contribution is 2.15. The molecule has 142 valence electrons. The second-order valence-electron chi connectivity index (χ2n) is 6.11. The molecular formula is C22H21N3O3. The van der Waals surface area contributed by atoms with E-state index in [2.05, 4.69) is 22.5 Å². The Kier molecular flexibility index (Phi) is 6.36. The smallest absolute Gasteiger partial charge is 0.262 e. The fraction of sp³-hybridized carbons (Fsp3) is 0.136. The van der Waals surface area contributed by atoms with Gasteiger partial charge in [-0.05, 0) is 54.4 Å². The van der Waals surface area contributed by atoms with Gasteiger partial charge >= 0.3 is 0 Å². The van der Waals surface area contributed by atoms with Crippen LogP contribution in [0.1, 0.15) is 22.8 Å². The Morgan fingerprint density at radius 3 is 2.39 bits per heavy atom. The third-order valence-corrected chi connectivity index (χ3v) is 4.05. The maximum atomic E-state index is 12.3. The molecule has 6 nitrogen and oxygen atoms in total. The van der Waals surface area contributed by atoms with E-state index in [4.69, 9.17) is 4.74 Å². The molecule has 3 rings (SSSR count). The van der Waals surface area contributed by atoms with Gasteiger partial charge < -0.3 is 15.4 Å². The zero-order valence-corrected chi connectivity index (χ0v) is 15.5. The largest absolute Gasteiger partial charge is 0.484 e. The van der Waals surface area contributed by atoms with E-state index < -0.39 is 0 Å². The number of nitrogens with one attached hydrogen (secondary N) is 2. The summed E-state index contributed by atoms with van der Waals surface area (Å²) in [6, 6.07) is 17.8. The Morgan fingerprint density at radius 1 is 0.929 bits per heavy atom. The minimum atomic E-state index is -0.300. The van der Waals surface area contributed by atoms with Crippen LogP contribution in [0.2, 0.25) is 0 Å². The Morgan fingerprint density at radius 2 is 1.68 bits per heavy atom. The lowest BCUT2D eigenvalue weighted by Crippen LogP contribution is -2.20. The summed E-state index contributed by atoms with van der Waals surface area (Å²) in [5, 5.41) is 5.52. The molecule has 0 unspecified atom stereocenters. The summed E-state index contributed by atoms with van der Waals surface area (Å²) in [7, 11) is 0. The van der Waals surface area contributed by atoms with Crippen LogP contribution >= 0.6 is 0 Å². The maximum Gasteiger partial charge on any atom is 0.262 e. The first-order valence-corrected chi connectivity index (χ1v) is 8.97. The molecule has 0 aliphatic carbocycles. The van der Waals surface area contributed by atoms with Crippen LogP contribution in [-0.4, -0.2) is 23.4 Å². The SMILES string of the molecule is CCc1ccc(OCC(=O)Nc2cccc(C(=O)Nc3ccncc3)c2)cc1. The molecular weight excluding hydrogens is 354 g/mol. The van der Waals surface area contributed by atoms with Gasteiger partial charge in [-0.2, -0.15) is 0 Å². The quantitative estimate of drug-likeness (QED) is 0.656. The number of carbonyl (C=O) groups excluding carboxylic acids is 2. The van der Waals surface area contributed by atoms with Gasteiger partial charge in [-0.15, -0.1) is 0 Å². The number of aromatic nitrogens is 1. The summed E-state index contributed by atoms with van der Waals surface area (Å²) in [5.41, 5.74) is 2.82. The van der Waals surface area contributed by atoms with Crippen molar-refractivity contribution in [1.82, 2.24) is 4.98 Å². The third-order valence-electron chi connectivity index (χ3n) is 4.05. The number of anilines is 2. The first-order valence-electron chi connectivity index (χ1n) is 8.97. The molecule has 0 atom stereocenters. The summed E-state index contributed by atoms with van der Waals surface area (Å²) >= 11 is 0. The molecule has 0 saturated heterocycles. The molecule has 0 aliphatic rings. The average Bonchev–Trinajstić information content (AvgIpc) is 2.73. The van der Waals surface area contributed by atoms with Gasteiger partial charge in [-0.25, -0.2) is 0 Å². The van der Waals surface area contributed by atoms with Crippen LogP contribution in [0, 0.1) is 0 Å². The van der Waals surface area contributed by atoms with Gasteiger partial charge in [-0.3, -0.25) is 14.6 Å². The zero-order chi connectivity index (χ0) is 19.8. The van der Waals surface area contributed by atoms with E-state index in [1.54, 1.807) is 48.8 Å². The predicted octanol–water partition coefficient (Wildman–Crippen LogP) is 3.91. The van der Waals surface area contributed by atoms with Crippen molar-refractivity contribution < 1.29 is 14.3 Å². The first-order chi connectivity index (χ1) is 13.6. The van der Waals surface area contributed by atoms with Gasteiger partial charge in [0.1, 0.15) is 5.75 Å². The van der Waals surface area contributed by atoms with Crippen LogP contribution in [0.5, 0.6) is 5.75 Å². The highest BCUT2D eigenvalue weighted by Gasteiger charge is 2.09. The van der Waals surface area contributed by atoms with Crippen molar-refractivity contribution in [1.29, 1.82) is 0 Å². The van der Waals surface area contributed by atoms with Crippen LogP contribution in [0.4, 0.5) is 11.4 Å². The molecule has 1 heterocycles. The molecule has 28 heavy (non-hydrogen) atoms. The van der Waals surface area contributed by atoms with Crippen LogP contribution in [0.3, 0.4) is 0 Å². The Bertz CT molecular complexity index is 941. The number of nitrogens with zero attached hydrogens (tertiary/aromatic N) is 1. The Labute approximate surface area is 163 Å². The van der Waals surface area contributed by atoms with Gasteiger partial charge in [0, 0.05) is 29.3 Å². The van der Waals surface area contributed by atoms with E-state index in [0.29, 0.717) is 22.7 Å². The fourth-order valence-electron chi connectivity index (χ4n) is 2.54.